The first kappa shape index (κ1) is 18.7. The lowest BCUT2D eigenvalue weighted by Crippen LogP contribution is -2.33. The van der Waals surface area contributed by atoms with Crippen LogP contribution in [0.1, 0.15) is 48.9 Å². The second kappa shape index (κ2) is 9.04. The molecule has 25 heavy (non-hydrogen) atoms. The van der Waals surface area contributed by atoms with Crippen molar-refractivity contribution in [2.75, 3.05) is 39.5 Å². The molecule has 3 rings (SSSR count). The van der Waals surface area contributed by atoms with Crippen molar-refractivity contribution >= 4 is 17.7 Å². The van der Waals surface area contributed by atoms with Crippen LogP contribution in [0, 0.1) is 11.8 Å². The van der Waals surface area contributed by atoms with E-state index in [1.807, 2.05) is 30.3 Å². The minimum absolute atomic E-state index is 0.119. The molecule has 1 aromatic rings. The van der Waals surface area contributed by atoms with Crippen LogP contribution < -0.4 is 0 Å². The molecule has 2 aliphatic rings. The summed E-state index contributed by atoms with van der Waals surface area (Å²) in [5.41, 5.74) is 0.775. The van der Waals surface area contributed by atoms with Crippen LogP contribution in [0.5, 0.6) is 0 Å². The lowest BCUT2D eigenvalue weighted by Gasteiger charge is -2.23. The monoisotopic (exact) mass is 361 g/mol. The Morgan fingerprint density at radius 3 is 2.80 bits per heavy atom. The fraction of sp³-hybridized carbons (Fsp3) is 0.700. The van der Waals surface area contributed by atoms with Gasteiger partial charge in [-0.15, -0.1) is 11.8 Å². The molecule has 0 aromatic carbocycles. The molecule has 4 nitrogen and oxygen atoms in total. The van der Waals surface area contributed by atoms with Crippen LogP contribution in [-0.4, -0.2) is 60.2 Å². The predicted octanol–water partition coefficient (Wildman–Crippen LogP) is 3.78. The van der Waals surface area contributed by atoms with Crippen molar-refractivity contribution in [3.05, 3.63) is 23.9 Å². The molecule has 0 radical (unpaired) electrons. The SMILES string of the molecule is CN1CCC(CN(C)C(=O)c2cccnc2SCC2CCCCC2)C1. The molecular formula is C20H31N3OS. The summed E-state index contributed by atoms with van der Waals surface area (Å²) in [7, 11) is 4.09. The second-order valence-corrected chi connectivity index (χ2v) is 8.78. The molecule has 138 valence electrons. The average Bonchev–Trinajstić information content (AvgIpc) is 3.05. The highest BCUT2D eigenvalue weighted by Crippen LogP contribution is 2.31. The number of carbonyl (C=O) groups is 1. The van der Waals surface area contributed by atoms with Crippen LogP contribution in [-0.2, 0) is 0 Å². The molecule has 0 spiro atoms. The number of pyridine rings is 1. The molecule has 1 aromatic heterocycles. The van der Waals surface area contributed by atoms with Crippen LogP contribution in [0.4, 0.5) is 0 Å². The molecule has 1 aliphatic heterocycles. The van der Waals surface area contributed by atoms with Gasteiger partial charge < -0.3 is 9.80 Å². The molecule has 1 aliphatic carbocycles. The third-order valence-electron chi connectivity index (χ3n) is 5.55. The predicted molar refractivity (Wildman–Crippen MR) is 104 cm³/mol. The van der Waals surface area contributed by atoms with Crippen molar-refractivity contribution < 1.29 is 4.79 Å². The molecule has 1 unspecified atom stereocenters. The van der Waals surface area contributed by atoms with E-state index in [0.717, 1.165) is 41.9 Å². The number of carbonyl (C=O) groups excluding carboxylic acids is 1. The van der Waals surface area contributed by atoms with E-state index in [-0.39, 0.29) is 5.91 Å². The van der Waals surface area contributed by atoms with Crippen molar-refractivity contribution in [3.63, 3.8) is 0 Å². The van der Waals surface area contributed by atoms with E-state index >= 15 is 0 Å². The minimum Gasteiger partial charge on any atom is -0.341 e. The zero-order chi connectivity index (χ0) is 17.6. The average molecular weight is 362 g/mol. The van der Waals surface area contributed by atoms with Crippen LogP contribution in [0.15, 0.2) is 23.4 Å². The summed E-state index contributed by atoms with van der Waals surface area (Å²) in [5.74, 6) is 2.59. The van der Waals surface area contributed by atoms with Gasteiger partial charge in [0.2, 0.25) is 0 Å². The third kappa shape index (κ3) is 5.20. The zero-order valence-electron chi connectivity index (χ0n) is 15.6. The van der Waals surface area contributed by atoms with Crippen molar-refractivity contribution in [2.24, 2.45) is 11.8 Å². The summed E-state index contributed by atoms with van der Waals surface area (Å²) >= 11 is 1.78. The molecule has 1 saturated heterocycles. The summed E-state index contributed by atoms with van der Waals surface area (Å²) in [4.78, 5) is 21.7. The highest BCUT2D eigenvalue weighted by atomic mass is 32.2. The van der Waals surface area contributed by atoms with E-state index in [1.165, 1.54) is 38.5 Å². The maximum absolute atomic E-state index is 12.9. The Morgan fingerprint density at radius 1 is 1.28 bits per heavy atom. The van der Waals surface area contributed by atoms with Gasteiger partial charge in [0.05, 0.1) is 5.56 Å². The van der Waals surface area contributed by atoms with Gasteiger partial charge in [-0.05, 0) is 56.8 Å². The molecule has 1 amide bonds. The summed E-state index contributed by atoms with van der Waals surface area (Å²) in [6.45, 7) is 3.07. The Labute approximate surface area is 156 Å². The first-order valence-corrected chi connectivity index (χ1v) is 10.6. The van der Waals surface area contributed by atoms with Crippen LogP contribution in [0.3, 0.4) is 0 Å². The summed E-state index contributed by atoms with van der Waals surface area (Å²) in [6, 6.07) is 3.82. The first-order valence-electron chi connectivity index (χ1n) is 9.65. The van der Waals surface area contributed by atoms with Crippen molar-refractivity contribution in [1.29, 1.82) is 0 Å². The zero-order valence-corrected chi connectivity index (χ0v) is 16.4. The number of nitrogens with zero attached hydrogens (tertiary/aromatic N) is 3. The smallest absolute Gasteiger partial charge is 0.256 e. The number of amides is 1. The van der Waals surface area contributed by atoms with Gasteiger partial charge in [0.1, 0.15) is 5.03 Å². The van der Waals surface area contributed by atoms with Gasteiger partial charge in [-0.1, -0.05) is 19.3 Å². The van der Waals surface area contributed by atoms with E-state index in [2.05, 4.69) is 16.9 Å². The fourth-order valence-electron chi connectivity index (χ4n) is 4.07. The summed E-state index contributed by atoms with van der Waals surface area (Å²) < 4.78 is 0. The van der Waals surface area contributed by atoms with Gasteiger partial charge in [0.25, 0.3) is 5.91 Å². The Hall–Kier alpha value is -1.07. The van der Waals surface area contributed by atoms with E-state index in [9.17, 15) is 4.79 Å². The van der Waals surface area contributed by atoms with Gasteiger partial charge in [0.15, 0.2) is 0 Å². The van der Waals surface area contributed by atoms with Crippen molar-refractivity contribution in [3.8, 4) is 0 Å². The second-order valence-electron chi connectivity index (χ2n) is 7.77. The Morgan fingerprint density at radius 2 is 2.08 bits per heavy atom. The number of hydrogen-bond donors (Lipinski definition) is 0. The van der Waals surface area contributed by atoms with E-state index < -0.39 is 0 Å². The molecule has 2 heterocycles. The van der Waals surface area contributed by atoms with Gasteiger partial charge in [-0.2, -0.15) is 0 Å². The highest BCUT2D eigenvalue weighted by Gasteiger charge is 2.24. The Balaban J connectivity index is 1.59. The van der Waals surface area contributed by atoms with Gasteiger partial charge in [0, 0.05) is 32.1 Å². The Kier molecular flexibility index (Phi) is 6.77. The Bertz CT molecular complexity index is 574. The number of thioether (sulfide) groups is 1. The number of aromatic nitrogens is 1. The molecule has 0 bridgehead atoms. The van der Waals surface area contributed by atoms with E-state index in [1.54, 1.807) is 11.8 Å². The third-order valence-corrected chi connectivity index (χ3v) is 6.79. The van der Waals surface area contributed by atoms with Crippen molar-refractivity contribution in [2.45, 2.75) is 43.6 Å². The van der Waals surface area contributed by atoms with Gasteiger partial charge >= 0.3 is 0 Å². The normalized spacial score (nSPS) is 22.2. The molecule has 5 heteroatoms. The molecule has 1 atom stereocenters. The highest BCUT2D eigenvalue weighted by molar-refractivity contribution is 7.99. The van der Waals surface area contributed by atoms with Crippen LogP contribution in [0.2, 0.25) is 0 Å². The maximum atomic E-state index is 12.9. The summed E-state index contributed by atoms with van der Waals surface area (Å²) in [6.07, 6.45) is 9.76. The standard InChI is InChI=1S/C20H31N3OS/c1-22-12-10-17(13-22)14-23(2)20(24)18-9-6-11-21-19(18)25-15-16-7-4-3-5-8-16/h6,9,11,16-17H,3-5,7-8,10,12-15H2,1-2H3. The lowest BCUT2D eigenvalue weighted by molar-refractivity contribution is 0.0769. The topological polar surface area (TPSA) is 36.4 Å². The van der Waals surface area contributed by atoms with Crippen LogP contribution >= 0.6 is 11.8 Å². The van der Waals surface area contributed by atoms with E-state index in [4.69, 9.17) is 0 Å². The lowest BCUT2D eigenvalue weighted by atomic mass is 9.91. The van der Waals surface area contributed by atoms with Gasteiger partial charge in [-0.25, -0.2) is 4.98 Å². The molecule has 0 N–H and O–H groups in total. The molecule has 1 saturated carbocycles. The quantitative estimate of drug-likeness (QED) is 0.723. The van der Waals surface area contributed by atoms with E-state index in [0.29, 0.717) is 5.92 Å². The largest absolute Gasteiger partial charge is 0.341 e. The number of rotatable bonds is 6. The van der Waals surface area contributed by atoms with Crippen LogP contribution in [0.25, 0.3) is 0 Å². The number of hydrogen-bond acceptors (Lipinski definition) is 4. The van der Waals surface area contributed by atoms with Gasteiger partial charge in [-0.3, -0.25) is 4.79 Å². The molecule has 2 fully saturated rings. The first-order chi connectivity index (χ1) is 12.1. The maximum Gasteiger partial charge on any atom is 0.256 e. The van der Waals surface area contributed by atoms with Crippen molar-refractivity contribution in [1.82, 2.24) is 14.8 Å². The molecular weight excluding hydrogens is 330 g/mol. The minimum atomic E-state index is 0.119. The fourth-order valence-corrected chi connectivity index (χ4v) is 5.24. The summed E-state index contributed by atoms with van der Waals surface area (Å²) in [5, 5.41) is 0.911. The number of likely N-dealkylation sites (tertiary alicyclic amines) is 1.